The number of rotatable bonds is 7. The van der Waals surface area contributed by atoms with Crippen LogP contribution in [0.1, 0.15) is 33.3 Å². The van der Waals surface area contributed by atoms with Gasteiger partial charge in [0.05, 0.1) is 19.3 Å². The molecule has 0 radical (unpaired) electrons. The molecule has 0 spiro atoms. The molecule has 0 atom stereocenters. The lowest BCUT2D eigenvalue weighted by molar-refractivity contribution is -0.138. The van der Waals surface area contributed by atoms with Crippen molar-refractivity contribution in [3.8, 4) is 11.8 Å². The van der Waals surface area contributed by atoms with Crippen LogP contribution in [0.2, 0.25) is 0 Å². The van der Waals surface area contributed by atoms with Crippen molar-refractivity contribution in [1.29, 1.82) is 5.26 Å². The number of hydrogen-bond acceptors (Lipinski definition) is 8. The average Bonchev–Trinajstić information content (AvgIpc) is 3.00. The number of halogens is 1. The van der Waals surface area contributed by atoms with E-state index in [-0.39, 0.29) is 40.0 Å². The van der Waals surface area contributed by atoms with Gasteiger partial charge in [0, 0.05) is 11.6 Å². The number of benzene rings is 1. The highest BCUT2D eigenvalue weighted by Gasteiger charge is 2.23. The van der Waals surface area contributed by atoms with E-state index in [4.69, 9.17) is 19.9 Å². The molecule has 0 aliphatic heterocycles. The summed E-state index contributed by atoms with van der Waals surface area (Å²) in [6.07, 6.45) is 2.47. The molecule has 0 fully saturated rings. The van der Waals surface area contributed by atoms with E-state index in [1.54, 1.807) is 13.0 Å². The first-order chi connectivity index (χ1) is 13.4. The lowest BCUT2D eigenvalue weighted by atomic mass is 10.1. The molecular formula is C19H17FN2O5S. The van der Waals surface area contributed by atoms with Crippen LogP contribution >= 0.6 is 11.3 Å². The van der Waals surface area contributed by atoms with E-state index in [0.717, 1.165) is 17.4 Å². The van der Waals surface area contributed by atoms with Crippen molar-refractivity contribution in [3.05, 3.63) is 51.7 Å². The van der Waals surface area contributed by atoms with Crippen LogP contribution < -0.4 is 10.5 Å². The van der Waals surface area contributed by atoms with Crippen LogP contribution in [0.5, 0.6) is 5.75 Å². The molecule has 0 aliphatic rings. The predicted octanol–water partition coefficient (Wildman–Crippen LogP) is 3.28. The molecule has 0 saturated heterocycles. The van der Waals surface area contributed by atoms with Gasteiger partial charge in [-0.2, -0.15) is 5.26 Å². The fourth-order valence-corrected chi connectivity index (χ4v) is 3.17. The van der Waals surface area contributed by atoms with Crippen LogP contribution in [0.3, 0.4) is 0 Å². The molecule has 2 rings (SSSR count). The quantitative estimate of drug-likeness (QED) is 0.557. The third kappa shape index (κ3) is 4.86. The molecule has 0 bridgehead atoms. The summed E-state index contributed by atoms with van der Waals surface area (Å²) in [4.78, 5) is 24.1. The van der Waals surface area contributed by atoms with Crippen LogP contribution in [0.15, 0.2) is 24.3 Å². The fraction of sp³-hybridized carbons (Fsp3) is 0.211. The van der Waals surface area contributed by atoms with Crippen molar-refractivity contribution in [2.45, 2.75) is 13.5 Å². The van der Waals surface area contributed by atoms with Gasteiger partial charge in [-0.3, -0.25) is 0 Å². The lowest BCUT2D eigenvalue weighted by Crippen LogP contribution is -2.08. The molecule has 7 nitrogen and oxygen atoms in total. The summed E-state index contributed by atoms with van der Waals surface area (Å²) in [5, 5.41) is 9.37. The van der Waals surface area contributed by atoms with E-state index >= 15 is 0 Å². The maximum absolute atomic E-state index is 13.7. The molecule has 1 heterocycles. The van der Waals surface area contributed by atoms with Gasteiger partial charge in [0.25, 0.3) is 0 Å². The van der Waals surface area contributed by atoms with Crippen molar-refractivity contribution >= 4 is 34.4 Å². The Hall–Kier alpha value is -3.38. The number of nitrogens with zero attached hydrogens (tertiary/aromatic N) is 1. The van der Waals surface area contributed by atoms with Crippen molar-refractivity contribution < 1.29 is 28.2 Å². The van der Waals surface area contributed by atoms with Gasteiger partial charge in [0.1, 0.15) is 22.6 Å². The first-order valence-electron chi connectivity index (χ1n) is 8.08. The first kappa shape index (κ1) is 20.9. The SMILES string of the molecule is CCOC(=O)c1sc(N)c(C#N)c1COC(=O)/C=C/c1ccc(OC)c(F)c1. The summed E-state index contributed by atoms with van der Waals surface area (Å²) in [6.45, 7) is 1.47. The average molecular weight is 404 g/mol. The minimum atomic E-state index is -0.736. The number of nitriles is 1. The number of anilines is 1. The molecule has 1 aromatic heterocycles. The number of ether oxygens (including phenoxy) is 3. The Morgan fingerprint density at radius 1 is 1.36 bits per heavy atom. The molecule has 28 heavy (non-hydrogen) atoms. The zero-order valence-electron chi connectivity index (χ0n) is 15.2. The Morgan fingerprint density at radius 2 is 2.11 bits per heavy atom. The molecule has 0 unspecified atom stereocenters. The molecule has 2 N–H and O–H groups in total. The molecule has 1 aromatic carbocycles. The van der Waals surface area contributed by atoms with E-state index < -0.39 is 17.8 Å². The Bertz CT molecular complexity index is 962. The number of nitrogens with two attached hydrogens (primary N) is 1. The van der Waals surface area contributed by atoms with Gasteiger partial charge in [-0.15, -0.1) is 11.3 Å². The van der Waals surface area contributed by atoms with E-state index in [2.05, 4.69) is 0 Å². The summed E-state index contributed by atoms with van der Waals surface area (Å²) in [6, 6.07) is 6.10. The third-order valence-corrected chi connectivity index (χ3v) is 4.59. The predicted molar refractivity (Wildman–Crippen MR) is 101 cm³/mol. The summed E-state index contributed by atoms with van der Waals surface area (Å²) >= 11 is 0.898. The van der Waals surface area contributed by atoms with Crippen molar-refractivity contribution in [3.63, 3.8) is 0 Å². The summed E-state index contributed by atoms with van der Waals surface area (Å²) in [5.74, 6) is -1.86. The van der Waals surface area contributed by atoms with Crippen molar-refractivity contribution in [2.24, 2.45) is 0 Å². The van der Waals surface area contributed by atoms with Gasteiger partial charge in [0.2, 0.25) is 0 Å². The topological polar surface area (TPSA) is 112 Å². The highest BCUT2D eigenvalue weighted by molar-refractivity contribution is 7.18. The number of esters is 2. The number of hydrogen-bond donors (Lipinski definition) is 1. The van der Waals surface area contributed by atoms with E-state index in [9.17, 15) is 19.2 Å². The molecule has 2 aromatic rings. The third-order valence-electron chi connectivity index (χ3n) is 3.55. The van der Waals surface area contributed by atoms with Crippen LogP contribution in [-0.4, -0.2) is 25.7 Å². The Morgan fingerprint density at radius 3 is 2.71 bits per heavy atom. The van der Waals surface area contributed by atoms with Gasteiger partial charge < -0.3 is 19.9 Å². The van der Waals surface area contributed by atoms with Gasteiger partial charge in [-0.1, -0.05) is 6.07 Å². The normalized spacial score (nSPS) is 10.5. The number of nitrogen functional groups attached to an aromatic ring is 1. The monoisotopic (exact) mass is 404 g/mol. The van der Waals surface area contributed by atoms with Gasteiger partial charge in [-0.05, 0) is 30.7 Å². The Kier molecular flexibility index (Phi) is 7.12. The van der Waals surface area contributed by atoms with Crippen molar-refractivity contribution in [1.82, 2.24) is 0 Å². The second kappa shape index (κ2) is 9.53. The fourth-order valence-electron chi connectivity index (χ4n) is 2.25. The second-order valence-corrected chi connectivity index (χ2v) is 6.37. The number of carbonyl (C=O) groups is 2. The number of thiophene rings is 1. The molecular weight excluding hydrogens is 387 g/mol. The highest BCUT2D eigenvalue weighted by atomic mass is 32.1. The van der Waals surface area contributed by atoms with E-state index in [0.29, 0.717) is 5.56 Å². The standard InChI is InChI=1S/C19H17FN2O5S/c1-3-26-19(24)17-13(12(9-21)18(22)28-17)10-27-16(23)7-5-11-4-6-15(25-2)14(20)8-11/h4-8H,3,10,22H2,1-2H3/b7-5+. The molecule has 0 aliphatic carbocycles. The Labute approximate surface area is 164 Å². The van der Waals surface area contributed by atoms with E-state index in [1.165, 1.54) is 25.3 Å². The maximum atomic E-state index is 13.7. The maximum Gasteiger partial charge on any atom is 0.348 e. The molecule has 9 heteroatoms. The van der Waals surface area contributed by atoms with Crippen LogP contribution in [0.4, 0.5) is 9.39 Å². The lowest BCUT2D eigenvalue weighted by Gasteiger charge is -2.05. The van der Waals surface area contributed by atoms with Crippen LogP contribution in [-0.2, 0) is 20.9 Å². The Balaban J connectivity index is 2.11. The zero-order chi connectivity index (χ0) is 20.7. The molecule has 0 amide bonds. The van der Waals surface area contributed by atoms with Gasteiger partial charge in [0.15, 0.2) is 11.6 Å². The van der Waals surface area contributed by atoms with E-state index in [1.807, 2.05) is 6.07 Å². The highest BCUT2D eigenvalue weighted by Crippen LogP contribution is 2.31. The summed E-state index contributed by atoms with van der Waals surface area (Å²) in [5.41, 5.74) is 6.45. The molecule has 146 valence electrons. The zero-order valence-corrected chi connectivity index (χ0v) is 16.0. The van der Waals surface area contributed by atoms with Crippen molar-refractivity contribution in [2.75, 3.05) is 19.5 Å². The minimum Gasteiger partial charge on any atom is -0.494 e. The van der Waals surface area contributed by atoms with Gasteiger partial charge in [-0.25, -0.2) is 14.0 Å². The summed E-state index contributed by atoms with van der Waals surface area (Å²) < 4.78 is 28.5. The smallest absolute Gasteiger partial charge is 0.348 e. The molecule has 0 saturated carbocycles. The first-order valence-corrected chi connectivity index (χ1v) is 8.89. The second-order valence-electron chi connectivity index (χ2n) is 5.32. The van der Waals surface area contributed by atoms with Gasteiger partial charge >= 0.3 is 11.9 Å². The number of carbonyl (C=O) groups excluding carboxylic acids is 2. The minimum absolute atomic E-state index is 0.0714. The largest absolute Gasteiger partial charge is 0.494 e. The summed E-state index contributed by atoms with van der Waals surface area (Å²) in [7, 11) is 1.35. The van der Waals surface area contributed by atoms with Crippen LogP contribution in [0, 0.1) is 17.1 Å². The number of methoxy groups -OCH3 is 1. The van der Waals surface area contributed by atoms with Crippen LogP contribution in [0.25, 0.3) is 6.08 Å².